The molecule has 2 fully saturated rings. The van der Waals surface area contributed by atoms with Crippen LogP contribution in [0.1, 0.15) is 41.9 Å². The molecule has 7 nitrogen and oxygen atoms in total. The van der Waals surface area contributed by atoms with Crippen LogP contribution in [0.25, 0.3) is 11.1 Å². The number of carboxylic acid groups (broad SMARTS) is 1. The van der Waals surface area contributed by atoms with Crippen LogP contribution in [0.5, 0.6) is 0 Å². The second-order valence-electron chi connectivity index (χ2n) is 10.0. The minimum atomic E-state index is -1.02. The first-order valence-corrected chi connectivity index (χ1v) is 13.3. The topological polar surface area (TPSA) is 89.0 Å². The first-order chi connectivity index (χ1) is 18.0. The van der Waals surface area contributed by atoms with Crippen molar-refractivity contribution in [3.8, 4) is 11.1 Å². The second kappa shape index (κ2) is 9.58. The molecule has 3 atom stereocenters. The van der Waals surface area contributed by atoms with Crippen molar-refractivity contribution in [2.24, 2.45) is 5.92 Å². The smallest absolute Gasteiger partial charge is 0.410 e. The molecule has 1 N–H and O–H groups in total. The molecule has 3 aliphatic rings. The highest BCUT2D eigenvalue weighted by atomic mass is 79.9. The van der Waals surface area contributed by atoms with Crippen molar-refractivity contribution in [3.05, 3.63) is 88.2 Å². The summed E-state index contributed by atoms with van der Waals surface area (Å²) in [5, 5.41) is 9.34. The van der Waals surface area contributed by atoms with Gasteiger partial charge in [-0.25, -0.2) is 14.6 Å². The Morgan fingerprint density at radius 2 is 1.76 bits per heavy atom. The lowest BCUT2D eigenvalue weighted by Gasteiger charge is -2.41. The predicted octanol–water partition coefficient (Wildman–Crippen LogP) is 5.57. The van der Waals surface area contributed by atoms with Gasteiger partial charge in [0, 0.05) is 36.2 Å². The number of pyridine rings is 1. The number of carboxylic acids is 1. The van der Waals surface area contributed by atoms with Crippen LogP contribution in [-0.2, 0) is 19.9 Å². The van der Waals surface area contributed by atoms with Gasteiger partial charge in [0.25, 0.3) is 0 Å². The fourth-order valence-corrected chi connectivity index (χ4v) is 6.72. The predicted molar refractivity (Wildman–Crippen MR) is 140 cm³/mol. The largest absolute Gasteiger partial charge is 0.480 e. The van der Waals surface area contributed by atoms with Crippen LogP contribution >= 0.6 is 15.9 Å². The average molecular weight is 563 g/mol. The molecule has 2 aliphatic carbocycles. The SMILES string of the molecule is O=C(O)COC1(c2ccc(Br)nc2)CCC2CC1CN2C(=O)OCC1c2ccccc2-c2ccccc21. The fourth-order valence-electron chi connectivity index (χ4n) is 6.48. The van der Waals surface area contributed by atoms with Crippen molar-refractivity contribution in [1.29, 1.82) is 0 Å². The molecular weight excluding hydrogens is 536 g/mol. The molecule has 1 aliphatic heterocycles. The Bertz CT molecular complexity index is 1300. The highest BCUT2D eigenvalue weighted by Crippen LogP contribution is 2.50. The van der Waals surface area contributed by atoms with Crippen LogP contribution in [0.3, 0.4) is 0 Å². The number of carbonyl (C=O) groups is 2. The van der Waals surface area contributed by atoms with Gasteiger partial charge >= 0.3 is 12.1 Å². The van der Waals surface area contributed by atoms with Crippen molar-refractivity contribution in [3.63, 3.8) is 0 Å². The number of carbonyl (C=O) groups excluding carboxylic acids is 1. The molecule has 3 unspecified atom stereocenters. The van der Waals surface area contributed by atoms with E-state index in [-0.39, 0.29) is 30.6 Å². The quantitative estimate of drug-likeness (QED) is 0.395. The first kappa shape index (κ1) is 24.1. The lowest BCUT2D eigenvalue weighted by Crippen LogP contribution is -2.42. The number of nitrogens with zero attached hydrogens (tertiary/aromatic N) is 2. The first-order valence-electron chi connectivity index (χ1n) is 12.6. The lowest BCUT2D eigenvalue weighted by atomic mass is 9.72. The molecule has 1 saturated heterocycles. The van der Waals surface area contributed by atoms with E-state index in [0.29, 0.717) is 24.0 Å². The molecular formula is C29H27BrN2O5. The van der Waals surface area contributed by atoms with Gasteiger partial charge in [-0.05, 0) is 63.5 Å². The molecule has 3 aromatic rings. The minimum Gasteiger partial charge on any atom is -0.480 e. The van der Waals surface area contributed by atoms with Crippen molar-refractivity contribution >= 4 is 28.0 Å². The average Bonchev–Trinajstić information content (AvgIpc) is 3.44. The van der Waals surface area contributed by atoms with Gasteiger partial charge in [-0.1, -0.05) is 54.6 Å². The summed E-state index contributed by atoms with van der Waals surface area (Å²) in [5.74, 6) is -1.06. The van der Waals surface area contributed by atoms with Gasteiger partial charge in [-0.2, -0.15) is 0 Å². The summed E-state index contributed by atoms with van der Waals surface area (Å²) in [6.45, 7) is 0.331. The number of rotatable bonds is 6. The van der Waals surface area contributed by atoms with E-state index in [2.05, 4.69) is 45.2 Å². The monoisotopic (exact) mass is 562 g/mol. The summed E-state index contributed by atoms with van der Waals surface area (Å²) in [4.78, 5) is 31.0. The third kappa shape index (κ3) is 4.22. The number of aliphatic carboxylic acids is 1. The van der Waals surface area contributed by atoms with Crippen LogP contribution in [0.4, 0.5) is 4.79 Å². The summed E-state index contributed by atoms with van der Waals surface area (Å²) in [6, 6.07) is 20.4. The van der Waals surface area contributed by atoms with Gasteiger partial charge in [0.2, 0.25) is 0 Å². The molecule has 1 saturated carbocycles. The van der Waals surface area contributed by atoms with E-state index >= 15 is 0 Å². The van der Waals surface area contributed by atoms with E-state index in [4.69, 9.17) is 9.47 Å². The molecule has 2 aromatic carbocycles. The molecule has 6 rings (SSSR count). The maximum absolute atomic E-state index is 13.4. The number of likely N-dealkylation sites (tertiary alicyclic amines) is 1. The number of hydrogen-bond acceptors (Lipinski definition) is 5. The van der Waals surface area contributed by atoms with Crippen LogP contribution in [-0.4, -0.2) is 52.9 Å². The van der Waals surface area contributed by atoms with Crippen molar-refractivity contribution in [1.82, 2.24) is 9.88 Å². The number of ether oxygens (including phenoxy) is 2. The number of hydrogen-bond donors (Lipinski definition) is 1. The second-order valence-corrected chi connectivity index (χ2v) is 10.8. The van der Waals surface area contributed by atoms with Crippen molar-refractivity contribution in [2.75, 3.05) is 19.8 Å². The molecule has 2 bridgehead atoms. The summed E-state index contributed by atoms with van der Waals surface area (Å²) in [7, 11) is 0. The van der Waals surface area contributed by atoms with Crippen LogP contribution in [0.15, 0.2) is 71.5 Å². The molecule has 0 radical (unpaired) electrons. The molecule has 0 spiro atoms. The third-order valence-electron chi connectivity index (χ3n) is 8.16. The minimum absolute atomic E-state index is 0.00478. The zero-order valence-electron chi connectivity index (χ0n) is 20.2. The summed E-state index contributed by atoms with van der Waals surface area (Å²) in [6.07, 6.45) is 3.47. The molecule has 1 aromatic heterocycles. The van der Waals surface area contributed by atoms with Gasteiger partial charge in [-0.3, -0.25) is 0 Å². The summed E-state index contributed by atoms with van der Waals surface area (Å²) < 4.78 is 12.8. The van der Waals surface area contributed by atoms with E-state index in [9.17, 15) is 14.7 Å². The molecule has 190 valence electrons. The Kier molecular flexibility index (Phi) is 6.24. The summed E-state index contributed by atoms with van der Waals surface area (Å²) >= 11 is 3.37. The number of aromatic nitrogens is 1. The van der Waals surface area contributed by atoms with Gasteiger partial charge in [0.05, 0.1) is 0 Å². The lowest BCUT2D eigenvalue weighted by molar-refractivity contribution is -0.158. The van der Waals surface area contributed by atoms with E-state index < -0.39 is 18.2 Å². The number of halogens is 1. The van der Waals surface area contributed by atoms with Crippen molar-refractivity contribution < 1.29 is 24.2 Å². The Balaban J connectivity index is 1.20. The number of fused-ring (bicyclic) bond motifs is 5. The van der Waals surface area contributed by atoms with Crippen molar-refractivity contribution in [2.45, 2.75) is 36.8 Å². The van der Waals surface area contributed by atoms with Gasteiger partial charge in [0.15, 0.2) is 0 Å². The van der Waals surface area contributed by atoms with E-state index in [0.717, 1.165) is 12.0 Å². The van der Waals surface area contributed by atoms with E-state index in [1.807, 2.05) is 41.3 Å². The van der Waals surface area contributed by atoms with E-state index in [1.165, 1.54) is 22.3 Å². The van der Waals surface area contributed by atoms with Gasteiger partial charge < -0.3 is 19.5 Å². The number of benzene rings is 2. The Morgan fingerprint density at radius 3 is 2.41 bits per heavy atom. The maximum Gasteiger partial charge on any atom is 0.410 e. The highest BCUT2D eigenvalue weighted by molar-refractivity contribution is 9.10. The Labute approximate surface area is 223 Å². The number of amides is 1. The summed E-state index contributed by atoms with van der Waals surface area (Å²) in [5.41, 5.74) is 4.79. The molecule has 2 heterocycles. The highest BCUT2D eigenvalue weighted by Gasteiger charge is 2.53. The zero-order valence-corrected chi connectivity index (χ0v) is 21.8. The third-order valence-corrected chi connectivity index (χ3v) is 8.63. The fraction of sp³-hybridized carbons (Fsp3) is 0.345. The molecule has 37 heavy (non-hydrogen) atoms. The Morgan fingerprint density at radius 1 is 1.05 bits per heavy atom. The van der Waals surface area contributed by atoms with Gasteiger partial charge in [0.1, 0.15) is 23.4 Å². The van der Waals surface area contributed by atoms with Crippen LogP contribution < -0.4 is 0 Å². The maximum atomic E-state index is 13.4. The normalized spacial score (nSPS) is 24.0. The Hall–Kier alpha value is -3.23. The van der Waals surface area contributed by atoms with E-state index in [1.54, 1.807) is 6.20 Å². The van der Waals surface area contributed by atoms with Gasteiger partial charge in [-0.15, -0.1) is 0 Å². The van der Waals surface area contributed by atoms with Crippen LogP contribution in [0, 0.1) is 5.92 Å². The zero-order chi connectivity index (χ0) is 25.6. The molecule has 1 amide bonds. The standard InChI is InChI=1S/C29H27BrN2O5/c30-26-10-9-18(14-31-26)29(37-17-27(33)34)12-11-20-13-19(29)15-32(20)28(35)36-16-25-23-7-3-1-5-21(23)22-6-2-4-8-24(22)25/h1-10,14,19-20,25H,11-13,15-17H2,(H,33,34). The molecule has 8 heteroatoms. The van der Waals surface area contributed by atoms with Crippen LogP contribution in [0.2, 0.25) is 0 Å².